The maximum Gasteiger partial charge on any atom is 0.397 e. The quantitative estimate of drug-likeness (QED) is 0.639. The molecule has 0 saturated carbocycles. The predicted octanol–water partition coefficient (Wildman–Crippen LogP) is 2.48. The fourth-order valence-electron chi connectivity index (χ4n) is 1.12. The fraction of sp³-hybridized carbons (Fsp3) is 0.375. The largest absolute Gasteiger partial charge is 0.397 e. The van der Waals surface area contributed by atoms with Crippen molar-refractivity contribution in [3.8, 4) is 0 Å². The van der Waals surface area contributed by atoms with E-state index in [1.54, 1.807) is 0 Å². The first-order chi connectivity index (χ1) is 6.86. The monoisotopic (exact) mass is 242 g/mol. The highest BCUT2D eigenvalue weighted by Gasteiger charge is 2.41. The van der Waals surface area contributed by atoms with E-state index in [4.69, 9.17) is 17.3 Å². The van der Waals surface area contributed by atoms with Crippen molar-refractivity contribution in [1.82, 2.24) is 4.98 Å². The van der Waals surface area contributed by atoms with Gasteiger partial charge in [-0.05, 0) is 6.07 Å². The zero-order chi connectivity index (χ0) is 11.6. The summed E-state index contributed by atoms with van der Waals surface area (Å²) < 4.78 is 50.0. The van der Waals surface area contributed by atoms with Gasteiger partial charge in [0.05, 0.1) is 12.1 Å². The number of aromatic nitrogens is 1. The summed E-state index contributed by atoms with van der Waals surface area (Å²) in [5, 5.41) is -0.385. The molecule has 1 atom stereocenters. The number of pyridine rings is 1. The molecule has 2 N–H and O–H groups in total. The van der Waals surface area contributed by atoms with Crippen molar-refractivity contribution < 1.29 is 17.6 Å². The molecule has 0 aromatic carbocycles. The molecule has 0 fully saturated rings. The standard InChI is InChI=1S/C8H7ClF4N2/c9-7-5(1-4(10)3-15-7)6(2-14)8(11,12)13/h1,3,6H,2,14H2. The van der Waals surface area contributed by atoms with Crippen LogP contribution in [0.3, 0.4) is 0 Å². The van der Waals surface area contributed by atoms with Crippen molar-refractivity contribution in [3.63, 3.8) is 0 Å². The SMILES string of the molecule is NCC(c1cc(F)cnc1Cl)C(F)(F)F. The summed E-state index contributed by atoms with van der Waals surface area (Å²) >= 11 is 5.44. The van der Waals surface area contributed by atoms with Crippen molar-refractivity contribution in [3.05, 3.63) is 28.8 Å². The summed E-state index contributed by atoms with van der Waals surface area (Å²) in [6.45, 7) is -0.700. The molecule has 1 rings (SSSR count). The molecule has 1 heterocycles. The van der Waals surface area contributed by atoms with Gasteiger partial charge in [0, 0.05) is 12.1 Å². The van der Waals surface area contributed by atoms with E-state index in [0.717, 1.165) is 6.20 Å². The summed E-state index contributed by atoms with van der Waals surface area (Å²) in [7, 11) is 0. The minimum Gasteiger partial charge on any atom is -0.330 e. The number of hydrogen-bond acceptors (Lipinski definition) is 2. The first-order valence-electron chi connectivity index (χ1n) is 3.94. The zero-order valence-corrected chi connectivity index (χ0v) is 8.11. The molecule has 1 unspecified atom stereocenters. The smallest absolute Gasteiger partial charge is 0.330 e. The molecule has 0 spiro atoms. The van der Waals surface area contributed by atoms with Gasteiger partial charge in [-0.1, -0.05) is 11.6 Å². The van der Waals surface area contributed by atoms with E-state index in [0.29, 0.717) is 6.07 Å². The van der Waals surface area contributed by atoms with E-state index in [2.05, 4.69) is 4.98 Å². The Hall–Kier alpha value is -0.880. The third kappa shape index (κ3) is 2.79. The summed E-state index contributed by atoms with van der Waals surface area (Å²) in [5.41, 5.74) is 4.54. The molecule has 0 bridgehead atoms. The Bertz CT molecular complexity index is 353. The Labute approximate surface area is 88.1 Å². The summed E-state index contributed by atoms with van der Waals surface area (Å²) in [5.74, 6) is -2.87. The first kappa shape index (κ1) is 12.2. The van der Waals surface area contributed by atoms with E-state index in [-0.39, 0.29) is 5.15 Å². The van der Waals surface area contributed by atoms with E-state index < -0.39 is 30.0 Å². The first-order valence-corrected chi connectivity index (χ1v) is 4.31. The lowest BCUT2D eigenvalue weighted by atomic mass is 10.0. The second-order valence-corrected chi connectivity index (χ2v) is 3.22. The second kappa shape index (κ2) is 4.32. The highest BCUT2D eigenvalue weighted by atomic mass is 35.5. The molecule has 0 aliphatic rings. The minimum atomic E-state index is -4.56. The summed E-state index contributed by atoms with van der Waals surface area (Å²) in [4.78, 5) is 3.30. The van der Waals surface area contributed by atoms with Gasteiger partial charge in [0.2, 0.25) is 0 Å². The number of halogens is 5. The van der Waals surface area contributed by atoms with Crippen molar-refractivity contribution in [1.29, 1.82) is 0 Å². The molecule has 7 heteroatoms. The van der Waals surface area contributed by atoms with Crippen LogP contribution in [0.1, 0.15) is 11.5 Å². The number of rotatable bonds is 2. The van der Waals surface area contributed by atoms with Crippen LogP contribution in [-0.4, -0.2) is 17.7 Å². The van der Waals surface area contributed by atoms with Crippen LogP contribution in [0.4, 0.5) is 17.6 Å². The highest BCUT2D eigenvalue weighted by Crippen LogP contribution is 2.36. The van der Waals surface area contributed by atoms with Crippen LogP contribution in [0.15, 0.2) is 12.3 Å². The Morgan fingerprint density at radius 1 is 1.47 bits per heavy atom. The Morgan fingerprint density at radius 2 is 2.07 bits per heavy atom. The number of nitrogens with zero attached hydrogens (tertiary/aromatic N) is 1. The third-order valence-corrected chi connectivity index (χ3v) is 2.15. The summed E-state index contributed by atoms with van der Waals surface area (Å²) in [6, 6.07) is 0.695. The van der Waals surface area contributed by atoms with Crippen molar-refractivity contribution in [2.75, 3.05) is 6.54 Å². The van der Waals surface area contributed by atoms with Gasteiger partial charge in [0.15, 0.2) is 0 Å². The molecule has 1 aromatic rings. The molecule has 1 aromatic heterocycles. The second-order valence-electron chi connectivity index (χ2n) is 2.86. The highest BCUT2D eigenvalue weighted by molar-refractivity contribution is 6.30. The fourth-order valence-corrected chi connectivity index (χ4v) is 1.35. The van der Waals surface area contributed by atoms with Crippen LogP contribution in [-0.2, 0) is 0 Å². The van der Waals surface area contributed by atoms with Crippen molar-refractivity contribution in [2.24, 2.45) is 5.73 Å². The van der Waals surface area contributed by atoms with Crippen LogP contribution in [0.5, 0.6) is 0 Å². The molecule has 0 aliphatic carbocycles. The lowest BCUT2D eigenvalue weighted by molar-refractivity contribution is -0.148. The van der Waals surface area contributed by atoms with Crippen LogP contribution < -0.4 is 5.73 Å². The van der Waals surface area contributed by atoms with Crippen LogP contribution in [0.25, 0.3) is 0 Å². The average Bonchev–Trinajstić information content (AvgIpc) is 2.10. The molecule has 2 nitrogen and oxygen atoms in total. The van der Waals surface area contributed by atoms with Gasteiger partial charge < -0.3 is 5.73 Å². The van der Waals surface area contributed by atoms with Crippen LogP contribution in [0, 0.1) is 5.82 Å². The van der Waals surface area contributed by atoms with Gasteiger partial charge in [0.1, 0.15) is 11.0 Å². The lowest BCUT2D eigenvalue weighted by Crippen LogP contribution is -2.28. The number of alkyl halides is 3. The molecular weight excluding hydrogens is 236 g/mol. The topological polar surface area (TPSA) is 38.9 Å². The maximum atomic E-state index is 12.7. The van der Waals surface area contributed by atoms with Gasteiger partial charge in [0.25, 0.3) is 0 Å². The van der Waals surface area contributed by atoms with Crippen molar-refractivity contribution in [2.45, 2.75) is 12.1 Å². The zero-order valence-electron chi connectivity index (χ0n) is 7.35. The Balaban J connectivity index is 3.18. The predicted molar refractivity (Wildman–Crippen MR) is 47.1 cm³/mol. The Morgan fingerprint density at radius 3 is 2.53 bits per heavy atom. The normalized spacial score (nSPS) is 14.0. The summed E-state index contributed by atoms with van der Waals surface area (Å²) in [6.07, 6.45) is -3.82. The van der Waals surface area contributed by atoms with E-state index >= 15 is 0 Å². The third-order valence-electron chi connectivity index (χ3n) is 1.84. The molecule has 0 radical (unpaired) electrons. The van der Waals surface area contributed by atoms with Gasteiger partial charge in [-0.2, -0.15) is 13.2 Å². The molecule has 0 aliphatic heterocycles. The van der Waals surface area contributed by atoms with Gasteiger partial charge in [-0.25, -0.2) is 9.37 Å². The number of hydrogen-bond donors (Lipinski definition) is 1. The molecule has 84 valence electrons. The molecular formula is C8H7ClF4N2. The molecule has 0 amide bonds. The van der Waals surface area contributed by atoms with Gasteiger partial charge >= 0.3 is 6.18 Å². The minimum absolute atomic E-state index is 0.385. The van der Waals surface area contributed by atoms with E-state index in [1.807, 2.05) is 0 Å². The number of nitrogens with two attached hydrogens (primary N) is 1. The molecule has 0 saturated heterocycles. The van der Waals surface area contributed by atoms with Crippen LogP contribution in [0.2, 0.25) is 5.15 Å². The maximum absolute atomic E-state index is 12.7. The Kier molecular flexibility index (Phi) is 3.51. The van der Waals surface area contributed by atoms with Gasteiger partial charge in [-0.15, -0.1) is 0 Å². The molecule has 15 heavy (non-hydrogen) atoms. The van der Waals surface area contributed by atoms with Crippen molar-refractivity contribution >= 4 is 11.6 Å². The average molecular weight is 243 g/mol. The van der Waals surface area contributed by atoms with Gasteiger partial charge in [-0.3, -0.25) is 0 Å². The lowest BCUT2D eigenvalue weighted by Gasteiger charge is -2.19. The van der Waals surface area contributed by atoms with Crippen LogP contribution >= 0.6 is 11.6 Å². The van der Waals surface area contributed by atoms with E-state index in [1.165, 1.54) is 0 Å². The van der Waals surface area contributed by atoms with E-state index in [9.17, 15) is 17.6 Å².